The maximum atomic E-state index is 13.9. The molecule has 46 heavy (non-hydrogen) atoms. The third kappa shape index (κ3) is 8.13. The Labute approximate surface area is 269 Å². The lowest BCUT2D eigenvalue weighted by molar-refractivity contribution is -0.143. The molecule has 0 radical (unpaired) electrons. The van der Waals surface area contributed by atoms with E-state index < -0.39 is 47.6 Å². The third-order valence-electron chi connectivity index (χ3n) is 6.87. The van der Waals surface area contributed by atoms with Crippen molar-refractivity contribution in [3.8, 4) is 5.75 Å². The van der Waals surface area contributed by atoms with Gasteiger partial charge >= 0.3 is 12.4 Å². The van der Waals surface area contributed by atoms with Crippen molar-refractivity contribution in [2.75, 3.05) is 13.2 Å². The first kappa shape index (κ1) is 35.1. The zero-order chi connectivity index (χ0) is 33.7. The highest BCUT2D eigenvalue weighted by molar-refractivity contribution is 6.35. The second kappa shape index (κ2) is 14.3. The number of hydrogen-bond acceptors (Lipinski definition) is 6. The van der Waals surface area contributed by atoms with Gasteiger partial charge in [-0.15, -0.1) is 6.58 Å². The quantitative estimate of drug-likeness (QED) is 0.0796. The number of amides is 1. The van der Waals surface area contributed by atoms with Crippen LogP contribution in [0.15, 0.2) is 78.3 Å². The Morgan fingerprint density at radius 3 is 2.24 bits per heavy atom. The number of hydrazine groups is 1. The minimum atomic E-state index is -5.03. The Balaban J connectivity index is 1.66. The number of aliphatic imine (C=N–C) groups is 1. The summed E-state index contributed by atoms with van der Waals surface area (Å²) < 4.78 is 91.7. The average Bonchev–Trinajstić information content (AvgIpc) is 3.37. The maximum absolute atomic E-state index is 13.9. The number of halogens is 8. The standard InChI is InChI=1S/C31H27Cl2F6N3O4/c1-2-10-29(28(44)42-40-17-18-13-20(30(34,35)36)15-21(14-18)31(37,38)39)26(24-9-6-22(32)16-25(24)33)46-27(41-29)19-4-7-23(8-5-19)45-12-3-11-43/h2,4-9,13-16,26,40,43H,1,3,10-12,17H2,(H,42,44)/t26-,29-/m0/s1. The van der Waals surface area contributed by atoms with Gasteiger partial charge in [-0.3, -0.25) is 10.2 Å². The number of aliphatic hydroxyl groups excluding tert-OH is 1. The maximum Gasteiger partial charge on any atom is 0.416 e. The van der Waals surface area contributed by atoms with Gasteiger partial charge in [0.05, 0.1) is 17.7 Å². The Morgan fingerprint density at radius 1 is 1.02 bits per heavy atom. The van der Waals surface area contributed by atoms with Gasteiger partial charge in [0.1, 0.15) is 5.75 Å². The van der Waals surface area contributed by atoms with E-state index in [0.29, 0.717) is 40.5 Å². The summed E-state index contributed by atoms with van der Waals surface area (Å²) in [5.41, 5.74) is 0.428. The number of carbonyl (C=O) groups excluding carboxylic acids is 1. The molecular formula is C31H27Cl2F6N3O4. The van der Waals surface area contributed by atoms with Crippen molar-refractivity contribution in [2.45, 2.75) is 43.4 Å². The van der Waals surface area contributed by atoms with Gasteiger partial charge in [0.2, 0.25) is 5.90 Å². The molecule has 0 saturated heterocycles. The molecule has 1 aliphatic heterocycles. The lowest BCUT2D eigenvalue weighted by Crippen LogP contribution is -2.52. The summed E-state index contributed by atoms with van der Waals surface area (Å²) in [5, 5.41) is 9.42. The topological polar surface area (TPSA) is 92.2 Å². The number of alkyl halides is 6. The fourth-order valence-electron chi connectivity index (χ4n) is 4.68. The number of carbonyl (C=O) groups is 1. The molecule has 15 heteroatoms. The van der Waals surface area contributed by atoms with Gasteiger partial charge in [0.15, 0.2) is 11.6 Å². The zero-order valence-electron chi connectivity index (χ0n) is 23.8. The first-order valence-electron chi connectivity index (χ1n) is 13.7. The van der Waals surface area contributed by atoms with E-state index in [9.17, 15) is 31.1 Å². The molecule has 0 aromatic heterocycles. The van der Waals surface area contributed by atoms with Gasteiger partial charge in [-0.25, -0.2) is 10.4 Å². The van der Waals surface area contributed by atoms with Gasteiger partial charge in [0, 0.05) is 47.2 Å². The predicted octanol–water partition coefficient (Wildman–Crippen LogP) is 7.45. The SMILES string of the molecule is C=CC[C@]1(C(=O)NNCc2cc(C(F)(F)F)cc(C(F)(F)F)c2)N=C(c2ccc(OCCCO)cc2)O[C@H]1c1ccc(Cl)cc1Cl. The number of ether oxygens (including phenoxy) is 2. The number of nitrogens with zero attached hydrogens (tertiary/aromatic N) is 1. The van der Waals surface area contributed by atoms with Crippen molar-refractivity contribution >= 4 is 35.0 Å². The largest absolute Gasteiger partial charge is 0.494 e. The summed E-state index contributed by atoms with van der Waals surface area (Å²) in [6.07, 6.45) is -9.49. The molecular weight excluding hydrogens is 663 g/mol. The van der Waals surface area contributed by atoms with E-state index in [0.717, 1.165) is 0 Å². The van der Waals surface area contributed by atoms with Crippen LogP contribution >= 0.6 is 23.2 Å². The van der Waals surface area contributed by atoms with Crippen LogP contribution in [0.2, 0.25) is 10.0 Å². The molecule has 2 atom stereocenters. The first-order chi connectivity index (χ1) is 21.7. The number of rotatable bonds is 12. The van der Waals surface area contributed by atoms with Crippen molar-refractivity contribution in [1.82, 2.24) is 10.9 Å². The molecule has 1 amide bonds. The van der Waals surface area contributed by atoms with E-state index >= 15 is 0 Å². The van der Waals surface area contributed by atoms with Gasteiger partial charge in [-0.1, -0.05) is 35.3 Å². The van der Waals surface area contributed by atoms with Crippen LogP contribution in [0.4, 0.5) is 26.3 Å². The van der Waals surface area contributed by atoms with Crippen LogP contribution in [0, 0.1) is 0 Å². The molecule has 4 rings (SSSR count). The van der Waals surface area contributed by atoms with E-state index in [1.54, 1.807) is 30.3 Å². The average molecular weight is 690 g/mol. The molecule has 1 heterocycles. The van der Waals surface area contributed by atoms with Crippen LogP contribution in [0.25, 0.3) is 0 Å². The molecule has 3 aromatic rings. The zero-order valence-corrected chi connectivity index (χ0v) is 25.3. The van der Waals surface area contributed by atoms with Crippen molar-refractivity contribution in [1.29, 1.82) is 0 Å². The Kier molecular flexibility index (Phi) is 10.9. The number of hydrogen-bond donors (Lipinski definition) is 3. The van der Waals surface area contributed by atoms with Crippen LogP contribution < -0.4 is 15.6 Å². The van der Waals surface area contributed by atoms with E-state index in [-0.39, 0.29) is 42.2 Å². The van der Waals surface area contributed by atoms with Crippen LogP contribution in [0.1, 0.15) is 46.8 Å². The molecule has 1 aliphatic rings. The number of benzene rings is 3. The predicted molar refractivity (Wildman–Crippen MR) is 159 cm³/mol. The van der Waals surface area contributed by atoms with Crippen LogP contribution in [0.5, 0.6) is 5.75 Å². The summed E-state index contributed by atoms with van der Waals surface area (Å²) in [7, 11) is 0. The number of aliphatic hydroxyl groups is 1. The van der Waals surface area contributed by atoms with Crippen molar-refractivity contribution in [3.63, 3.8) is 0 Å². The summed E-state index contributed by atoms with van der Waals surface area (Å²) >= 11 is 12.6. The normalized spacial score (nSPS) is 18.1. The molecule has 0 fully saturated rings. The van der Waals surface area contributed by atoms with Gasteiger partial charge < -0.3 is 14.6 Å². The highest BCUT2D eigenvalue weighted by Gasteiger charge is 2.53. The lowest BCUT2D eigenvalue weighted by atomic mass is 9.84. The van der Waals surface area contributed by atoms with Crippen LogP contribution in [-0.4, -0.2) is 35.7 Å². The van der Waals surface area contributed by atoms with Crippen LogP contribution in [0.3, 0.4) is 0 Å². The first-order valence-corrected chi connectivity index (χ1v) is 14.4. The molecule has 7 nitrogen and oxygen atoms in total. The second-order valence-electron chi connectivity index (χ2n) is 10.2. The minimum Gasteiger partial charge on any atom is -0.494 e. The molecule has 0 unspecified atom stereocenters. The van der Waals surface area contributed by atoms with E-state index in [4.69, 9.17) is 37.8 Å². The van der Waals surface area contributed by atoms with Crippen molar-refractivity contribution < 1.29 is 45.7 Å². The van der Waals surface area contributed by atoms with E-state index in [1.807, 2.05) is 0 Å². The molecule has 0 saturated carbocycles. The summed E-state index contributed by atoms with van der Waals surface area (Å²) in [6.45, 7) is 3.39. The minimum absolute atomic E-state index is 0.0154. The summed E-state index contributed by atoms with van der Waals surface area (Å²) in [4.78, 5) is 18.5. The molecule has 0 spiro atoms. The monoisotopic (exact) mass is 689 g/mol. The molecule has 246 valence electrons. The summed E-state index contributed by atoms with van der Waals surface area (Å²) in [6, 6.07) is 12.2. The molecule has 3 aromatic carbocycles. The molecule has 0 bridgehead atoms. The van der Waals surface area contributed by atoms with E-state index in [1.165, 1.54) is 18.2 Å². The molecule has 3 N–H and O–H groups in total. The third-order valence-corrected chi connectivity index (χ3v) is 7.43. The van der Waals surface area contributed by atoms with Crippen molar-refractivity contribution in [3.05, 3.63) is 111 Å². The fourth-order valence-corrected chi connectivity index (χ4v) is 5.19. The lowest BCUT2D eigenvalue weighted by Gasteiger charge is -2.30. The van der Waals surface area contributed by atoms with Crippen LogP contribution in [-0.2, 0) is 28.4 Å². The van der Waals surface area contributed by atoms with Gasteiger partial charge in [-0.05, 0) is 60.2 Å². The Bertz CT molecular complexity index is 1570. The van der Waals surface area contributed by atoms with E-state index in [2.05, 4.69) is 22.4 Å². The smallest absolute Gasteiger partial charge is 0.416 e. The number of nitrogens with one attached hydrogen (secondary N) is 2. The highest BCUT2D eigenvalue weighted by Crippen LogP contribution is 2.45. The van der Waals surface area contributed by atoms with Gasteiger partial charge in [-0.2, -0.15) is 26.3 Å². The Hall–Kier alpha value is -3.78. The Morgan fingerprint density at radius 2 is 1.67 bits per heavy atom. The highest BCUT2D eigenvalue weighted by atomic mass is 35.5. The van der Waals surface area contributed by atoms with Crippen molar-refractivity contribution in [2.24, 2.45) is 4.99 Å². The second-order valence-corrected chi connectivity index (χ2v) is 11.0. The summed E-state index contributed by atoms with van der Waals surface area (Å²) in [5.74, 6) is -0.274. The fraction of sp³-hybridized carbons (Fsp3) is 0.290. The van der Waals surface area contributed by atoms with Gasteiger partial charge in [0.25, 0.3) is 5.91 Å². The molecule has 0 aliphatic carbocycles.